The van der Waals surface area contributed by atoms with Crippen molar-refractivity contribution in [1.82, 2.24) is 0 Å². The SMILES string of the molecule is FC1CCC2C(Br)CCC12. The topological polar surface area (TPSA) is 0 Å². The van der Waals surface area contributed by atoms with E-state index in [9.17, 15) is 4.39 Å². The van der Waals surface area contributed by atoms with E-state index >= 15 is 0 Å². The summed E-state index contributed by atoms with van der Waals surface area (Å²) >= 11 is 3.61. The van der Waals surface area contributed by atoms with Gasteiger partial charge in [-0.15, -0.1) is 0 Å². The Morgan fingerprint density at radius 2 is 1.70 bits per heavy atom. The fourth-order valence-electron chi connectivity index (χ4n) is 2.46. The summed E-state index contributed by atoms with van der Waals surface area (Å²) in [5, 5.41) is 0. The van der Waals surface area contributed by atoms with E-state index in [-0.39, 0.29) is 0 Å². The van der Waals surface area contributed by atoms with Gasteiger partial charge in [-0.3, -0.25) is 0 Å². The summed E-state index contributed by atoms with van der Waals surface area (Å²) in [6.45, 7) is 0. The maximum atomic E-state index is 13.0. The first-order chi connectivity index (χ1) is 4.79. The number of alkyl halides is 2. The molecule has 4 atom stereocenters. The third-order valence-corrected chi connectivity index (χ3v) is 4.17. The van der Waals surface area contributed by atoms with E-state index in [1.54, 1.807) is 0 Å². The van der Waals surface area contributed by atoms with Crippen LogP contribution in [-0.4, -0.2) is 11.0 Å². The first-order valence-electron chi connectivity index (χ1n) is 4.07. The highest BCUT2D eigenvalue weighted by atomic mass is 79.9. The minimum Gasteiger partial charge on any atom is -0.247 e. The minimum absolute atomic E-state index is 0.407. The number of halogens is 2. The lowest BCUT2D eigenvalue weighted by molar-refractivity contribution is 0.249. The molecule has 2 aliphatic carbocycles. The van der Waals surface area contributed by atoms with Gasteiger partial charge in [0.05, 0.1) is 0 Å². The van der Waals surface area contributed by atoms with E-state index in [2.05, 4.69) is 15.9 Å². The Hall–Kier alpha value is 0.410. The predicted octanol–water partition coefficient (Wildman–Crippen LogP) is 2.91. The van der Waals surface area contributed by atoms with Crippen molar-refractivity contribution < 1.29 is 4.39 Å². The van der Waals surface area contributed by atoms with Gasteiger partial charge in [0, 0.05) is 4.83 Å². The molecule has 0 spiro atoms. The molecule has 0 aromatic heterocycles. The predicted molar refractivity (Wildman–Crippen MR) is 43.1 cm³/mol. The molecule has 0 amide bonds. The summed E-state index contributed by atoms with van der Waals surface area (Å²) in [5.41, 5.74) is 0. The number of rotatable bonds is 0. The number of fused-ring (bicyclic) bond motifs is 1. The van der Waals surface area contributed by atoms with Crippen LogP contribution in [0.15, 0.2) is 0 Å². The molecule has 0 N–H and O–H groups in total. The van der Waals surface area contributed by atoms with Crippen molar-refractivity contribution in [3.8, 4) is 0 Å². The van der Waals surface area contributed by atoms with Gasteiger partial charge in [0.2, 0.25) is 0 Å². The standard InChI is InChI=1S/C8H12BrF/c9-7-3-1-6-5(7)2-4-8(6)10/h5-8H,1-4H2. The Bertz CT molecular complexity index is 121. The highest BCUT2D eigenvalue weighted by molar-refractivity contribution is 9.09. The zero-order chi connectivity index (χ0) is 7.14. The Morgan fingerprint density at radius 3 is 2.40 bits per heavy atom. The molecule has 0 aromatic carbocycles. The lowest BCUT2D eigenvalue weighted by atomic mass is 10.0. The van der Waals surface area contributed by atoms with E-state index in [0.717, 1.165) is 19.3 Å². The monoisotopic (exact) mass is 206 g/mol. The van der Waals surface area contributed by atoms with E-state index in [1.807, 2.05) is 0 Å². The van der Waals surface area contributed by atoms with E-state index in [1.165, 1.54) is 6.42 Å². The highest BCUT2D eigenvalue weighted by Gasteiger charge is 2.43. The van der Waals surface area contributed by atoms with Crippen LogP contribution >= 0.6 is 15.9 Å². The summed E-state index contributed by atoms with van der Waals surface area (Å²) in [6.07, 6.45) is 3.75. The van der Waals surface area contributed by atoms with Gasteiger partial charge in [-0.1, -0.05) is 15.9 Å². The molecule has 10 heavy (non-hydrogen) atoms. The molecule has 0 nitrogen and oxygen atoms in total. The molecule has 0 heterocycles. The third-order valence-electron chi connectivity index (χ3n) is 3.03. The molecule has 2 fully saturated rings. The molecule has 58 valence electrons. The van der Waals surface area contributed by atoms with Crippen molar-refractivity contribution >= 4 is 15.9 Å². The molecule has 2 saturated carbocycles. The fourth-order valence-corrected chi connectivity index (χ4v) is 3.38. The maximum absolute atomic E-state index is 13.0. The molecular weight excluding hydrogens is 195 g/mol. The zero-order valence-electron chi connectivity index (χ0n) is 5.89. The van der Waals surface area contributed by atoms with E-state index < -0.39 is 6.17 Å². The quantitative estimate of drug-likeness (QED) is 0.535. The van der Waals surface area contributed by atoms with Crippen molar-refractivity contribution in [3.63, 3.8) is 0 Å². The molecule has 2 heteroatoms. The molecule has 0 aliphatic heterocycles. The van der Waals surface area contributed by atoms with Crippen molar-refractivity contribution in [2.24, 2.45) is 11.8 Å². The first kappa shape index (κ1) is 7.08. The summed E-state index contributed by atoms with van der Waals surface area (Å²) in [7, 11) is 0. The van der Waals surface area contributed by atoms with E-state index in [0.29, 0.717) is 16.7 Å². The lowest BCUT2D eigenvalue weighted by Gasteiger charge is -2.11. The molecule has 0 saturated heterocycles. The minimum atomic E-state index is -0.479. The fraction of sp³-hybridized carbons (Fsp3) is 1.00. The van der Waals surface area contributed by atoms with Crippen molar-refractivity contribution in [2.75, 3.05) is 0 Å². The molecule has 4 unspecified atom stereocenters. The van der Waals surface area contributed by atoms with Crippen LogP contribution in [0, 0.1) is 11.8 Å². The molecule has 2 aliphatic rings. The summed E-state index contributed by atoms with van der Waals surface area (Å²) in [4.78, 5) is 0.623. The normalized spacial score (nSPS) is 53.4. The van der Waals surface area contributed by atoms with Gasteiger partial charge < -0.3 is 0 Å². The summed E-state index contributed by atoms with van der Waals surface area (Å²) in [6, 6.07) is 0. The van der Waals surface area contributed by atoms with Crippen LogP contribution in [-0.2, 0) is 0 Å². The van der Waals surface area contributed by atoms with Crippen molar-refractivity contribution in [2.45, 2.75) is 36.7 Å². The average molecular weight is 207 g/mol. The van der Waals surface area contributed by atoms with E-state index in [4.69, 9.17) is 0 Å². The van der Waals surface area contributed by atoms with Gasteiger partial charge >= 0.3 is 0 Å². The van der Waals surface area contributed by atoms with Gasteiger partial charge in [-0.25, -0.2) is 4.39 Å². The van der Waals surface area contributed by atoms with Crippen LogP contribution < -0.4 is 0 Å². The zero-order valence-corrected chi connectivity index (χ0v) is 7.48. The van der Waals surface area contributed by atoms with Crippen LogP contribution in [0.5, 0.6) is 0 Å². The highest BCUT2D eigenvalue weighted by Crippen LogP contribution is 2.48. The summed E-state index contributed by atoms with van der Waals surface area (Å²) < 4.78 is 13.0. The second kappa shape index (κ2) is 2.47. The molecular formula is C8H12BrF. The summed E-state index contributed by atoms with van der Waals surface area (Å²) in [5.74, 6) is 1.07. The Morgan fingerprint density at radius 1 is 1.00 bits per heavy atom. The second-order valence-corrected chi connectivity index (χ2v) is 4.69. The molecule has 2 rings (SSSR count). The largest absolute Gasteiger partial charge is 0.247 e. The maximum Gasteiger partial charge on any atom is 0.103 e. The lowest BCUT2D eigenvalue weighted by Crippen LogP contribution is -2.12. The van der Waals surface area contributed by atoms with Crippen molar-refractivity contribution in [1.29, 1.82) is 0 Å². The Balaban J connectivity index is 2.09. The molecule has 0 bridgehead atoms. The third kappa shape index (κ3) is 0.919. The van der Waals surface area contributed by atoms with Gasteiger partial charge in [-0.05, 0) is 37.5 Å². The van der Waals surface area contributed by atoms with Crippen LogP contribution in [0.1, 0.15) is 25.7 Å². The van der Waals surface area contributed by atoms with Gasteiger partial charge in [0.1, 0.15) is 6.17 Å². The average Bonchev–Trinajstić information content (AvgIpc) is 2.41. The van der Waals surface area contributed by atoms with Crippen LogP contribution in [0.25, 0.3) is 0 Å². The molecule has 0 aromatic rings. The number of hydrogen-bond donors (Lipinski definition) is 0. The van der Waals surface area contributed by atoms with Gasteiger partial charge in [0.15, 0.2) is 0 Å². The first-order valence-corrected chi connectivity index (χ1v) is 4.99. The van der Waals surface area contributed by atoms with Crippen LogP contribution in [0.4, 0.5) is 4.39 Å². The Labute approximate surface area is 69.3 Å². The second-order valence-electron chi connectivity index (χ2n) is 3.51. The van der Waals surface area contributed by atoms with Gasteiger partial charge in [-0.2, -0.15) is 0 Å². The van der Waals surface area contributed by atoms with Gasteiger partial charge in [0.25, 0.3) is 0 Å². The molecule has 0 radical (unpaired) electrons. The Kier molecular flexibility index (Phi) is 1.75. The van der Waals surface area contributed by atoms with Crippen LogP contribution in [0.3, 0.4) is 0 Å². The van der Waals surface area contributed by atoms with Crippen LogP contribution in [0.2, 0.25) is 0 Å². The van der Waals surface area contributed by atoms with Crippen molar-refractivity contribution in [3.05, 3.63) is 0 Å². The number of hydrogen-bond acceptors (Lipinski definition) is 0. The smallest absolute Gasteiger partial charge is 0.103 e.